The molecule has 1 aromatic carbocycles. The van der Waals surface area contributed by atoms with Crippen LogP contribution in [0.5, 0.6) is 0 Å². The van der Waals surface area contributed by atoms with Crippen LogP contribution in [0.25, 0.3) is 0 Å². The Hall–Kier alpha value is -0.540. The van der Waals surface area contributed by atoms with E-state index in [1.54, 1.807) is 0 Å². The van der Waals surface area contributed by atoms with E-state index in [2.05, 4.69) is 30.0 Å². The second kappa shape index (κ2) is 5.19. The minimum Gasteiger partial charge on any atom is -0.369 e. The van der Waals surface area contributed by atoms with Gasteiger partial charge in [0, 0.05) is 47.0 Å². The summed E-state index contributed by atoms with van der Waals surface area (Å²) in [5.41, 5.74) is 3.62. The van der Waals surface area contributed by atoms with Crippen molar-refractivity contribution in [3.63, 3.8) is 0 Å². The van der Waals surface area contributed by atoms with Crippen molar-refractivity contribution in [2.75, 3.05) is 29.5 Å². The molecule has 2 nitrogen and oxygen atoms in total. The third-order valence-corrected chi connectivity index (χ3v) is 4.46. The zero-order valence-electron chi connectivity index (χ0n) is 9.41. The van der Waals surface area contributed by atoms with Crippen LogP contribution in [0.15, 0.2) is 18.2 Å². The lowest BCUT2D eigenvalue weighted by Gasteiger charge is -2.30. The monoisotopic (exact) mass is 257 g/mol. The molecule has 2 rings (SSSR count). The standard InChI is InChI=1S/C12H16ClNOS/c1-10-2-3-12(11(8-10)9-13)14-4-6-16(15)7-5-14/h2-3,8H,4-7,9H2,1H3. The van der Waals surface area contributed by atoms with Crippen LogP contribution in [0, 0.1) is 6.92 Å². The average molecular weight is 258 g/mol. The maximum Gasteiger partial charge on any atom is 0.0494 e. The highest BCUT2D eigenvalue weighted by molar-refractivity contribution is 7.85. The Kier molecular flexibility index (Phi) is 3.87. The lowest BCUT2D eigenvalue weighted by Crippen LogP contribution is -2.38. The van der Waals surface area contributed by atoms with Gasteiger partial charge in [-0.15, -0.1) is 11.6 Å². The molecule has 0 aliphatic carbocycles. The quantitative estimate of drug-likeness (QED) is 0.758. The fraction of sp³-hybridized carbons (Fsp3) is 0.500. The van der Waals surface area contributed by atoms with Crippen molar-refractivity contribution in [1.29, 1.82) is 0 Å². The van der Waals surface area contributed by atoms with Crippen molar-refractivity contribution in [3.8, 4) is 0 Å². The molecule has 0 spiro atoms. The van der Waals surface area contributed by atoms with Gasteiger partial charge >= 0.3 is 0 Å². The minimum absolute atomic E-state index is 0.538. The van der Waals surface area contributed by atoms with Crippen molar-refractivity contribution in [1.82, 2.24) is 0 Å². The first kappa shape index (κ1) is 11.9. The number of rotatable bonds is 2. The van der Waals surface area contributed by atoms with Gasteiger partial charge in [-0.1, -0.05) is 17.7 Å². The highest BCUT2D eigenvalue weighted by atomic mass is 35.5. The highest BCUT2D eigenvalue weighted by Gasteiger charge is 2.17. The summed E-state index contributed by atoms with van der Waals surface area (Å²) in [4.78, 5) is 2.29. The van der Waals surface area contributed by atoms with E-state index in [9.17, 15) is 4.21 Å². The van der Waals surface area contributed by atoms with Gasteiger partial charge in [-0.25, -0.2) is 0 Å². The van der Waals surface area contributed by atoms with Crippen LogP contribution in [-0.4, -0.2) is 28.8 Å². The van der Waals surface area contributed by atoms with Gasteiger partial charge in [0.25, 0.3) is 0 Å². The van der Waals surface area contributed by atoms with Crippen LogP contribution in [0.4, 0.5) is 5.69 Å². The van der Waals surface area contributed by atoms with Gasteiger partial charge in [-0.05, 0) is 18.6 Å². The van der Waals surface area contributed by atoms with Gasteiger partial charge in [-0.2, -0.15) is 0 Å². The molecule has 0 unspecified atom stereocenters. The smallest absolute Gasteiger partial charge is 0.0494 e. The summed E-state index contributed by atoms with van der Waals surface area (Å²) in [6, 6.07) is 6.37. The Morgan fingerprint density at radius 3 is 2.69 bits per heavy atom. The van der Waals surface area contributed by atoms with E-state index in [1.807, 2.05) is 0 Å². The molecular formula is C12H16ClNOS. The molecule has 0 bridgehead atoms. The van der Waals surface area contributed by atoms with E-state index >= 15 is 0 Å². The number of aryl methyl sites for hydroxylation is 1. The second-order valence-electron chi connectivity index (χ2n) is 4.10. The predicted octanol–water partition coefficient (Wildman–Crippen LogP) is 2.30. The summed E-state index contributed by atoms with van der Waals surface area (Å²) in [6.45, 7) is 3.82. The van der Waals surface area contributed by atoms with E-state index < -0.39 is 10.8 Å². The molecule has 1 fully saturated rings. The highest BCUT2D eigenvalue weighted by Crippen LogP contribution is 2.24. The normalized spacial score (nSPS) is 17.8. The Balaban J connectivity index is 2.22. The van der Waals surface area contributed by atoms with Crippen LogP contribution < -0.4 is 4.90 Å². The van der Waals surface area contributed by atoms with Crippen molar-refractivity contribution < 1.29 is 4.21 Å². The molecule has 1 saturated heterocycles. The largest absolute Gasteiger partial charge is 0.369 e. The molecule has 1 aliphatic rings. The van der Waals surface area contributed by atoms with Crippen molar-refractivity contribution in [2.24, 2.45) is 0 Å². The summed E-state index contributed by atoms with van der Waals surface area (Å²) < 4.78 is 11.3. The lowest BCUT2D eigenvalue weighted by atomic mass is 10.1. The third kappa shape index (κ3) is 2.58. The molecule has 1 heterocycles. The van der Waals surface area contributed by atoms with Gasteiger partial charge in [0.15, 0.2) is 0 Å². The number of alkyl halides is 1. The van der Waals surface area contributed by atoms with Crippen molar-refractivity contribution in [2.45, 2.75) is 12.8 Å². The Morgan fingerprint density at radius 2 is 2.06 bits per heavy atom. The number of anilines is 1. The van der Waals surface area contributed by atoms with Crippen LogP contribution in [-0.2, 0) is 16.7 Å². The van der Waals surface area contributed by atoms with Crippen LogP contribution in [0.2, 0.25) is 0 Å². The number of hydrogen-bond donors (Lipinski definition) is 0. The molecule has 1 aliphatic heterocycles. The summed E-state index contributed by atoms with van der Waals surface area (Å²) in [7, 11) is -0.622. The first-order valence-electron chi connectivity index (χ1n) is 5.46. The van der Waals surface area contributed by atoms with Gasteiger partial charge in [-0.3, -0.25) is 4.21 Å². The number of benzene rings is 1. The molecule has 0 saturated carbocycles. The SMILES string of the molecule is Cc1ccc(N2CCS(=O)CC2)c(CCl)c1. The maximum absolute atomic E-state index is 11.3. The fourth-order valence-corrected chi connectivity index (χ4v) is 3.27. The zero-order valence-corrected chi connectivity index (χ0v) is 11.0. The Morgan fingerprint density at radius 1 is 1.38 bits per heavy atom. The summed E-state index contributed by atoms with van der Waals surface area (Å²) in [6.07, 6.45) is 0. The van der Waals surface area contributed by atoms with E-state index in [4.69, 9.17) is 11.6 Å². The molecule has 0 amide bonds. The molecular weight excluding hydrogens is 242 g/mol. The summed E-state index contributed by atoms with van der Waals surface area (Å²) in [5.74, 6) is 2.09. The summed E-state index contributed by atoms with van der Waals surface area (Å²) in [5, 5.41) is 0. The second-order valence-corrected chi connectivity index (χ2v) is 6.06. The Bertz CT molecular complexity index is 398. The van der Waals surface area contributed by atoms with Crippen LogP contribution in [0.1, 0.15) is 11.1 Å². The molecule has 16 heavy (non-hydrogen) atoms. The average Bonchev–Trinajstić information content (AvgIpc) is 2.30. The molecule has 88 valence electrons. The van der Waals surface area contributed by atoms with Crippen molar-refractivity contribution >= 4 is 28.1 Å². The van der Waals surface area contributed by atoms with Crippen molar-refractivity contribution in [3.05, 3.63) is 29.3 Å². The lowest BCUT2D eigenvalue weighted by molar-refractivity contribution is 0.673. The first-order chi connectivity index (χ1) is 7.70. The van der Waals surface area contributed by atoms with Gasteiger partial charge in [0.1, 0.15) is 0 Å². The van der Waals surface area contributed by atoms with E-state index in [1.165, 1.54) is 16.8 Å². The number of hydrogen-bond acceptors (Lipinski definition) is 2. The third-order valence-electron chi connectivity index (χ3n) is 2.90. The number of nitrogens with zero attached hydrogens (tertiary/aromatic N) is 1. The fourth-order valence-electron chi connectivity index (χ4n) is 2.01. The zero-order chi connectivity index (χ0) is 11.5. The maximum atomic E-state index is 11.3. The van der Waals surface area contributed by atoms with Gasteiger partial charge in [0.2, 0.25) is 0 Å². The molecule has 0 atom stereocenters. The summed E-state index contributed by atoms with van der Waals surface area (Å²) >= 11 is 5.97. The molecule has 1 aromatic rings. The minimum atomic E-state index is -0.622. The number of halogens is 1. The van der Waals surface area contributed by atoms with Gasteiger partial charge < -0.3 is 4.90 Å². The molecule has 0 radical (unpaired) electrons. The molecule has 4 heteroatoms. The topological polar surface area (TPSA) is 20.3 Å². The van der Waals surface area contributed by atoms with E-state index in [-0.39, 0.29) is 0 Å². The van der Waals surface area contributed by atoms with Crippen LogP contribution >= 0.6 is 11.6 Å². The molecule has 0 aromatic heterocycles. The molecule has 0 N–H and O–H groups in total. The Labute approximate surface area is 104 Å². The first-order valence-corrected chi connectivity index (χ1v) is 7.48. The van der Waals surface area contributed by atoms with E-state index in [0.717, 1.165) is 24.6 Å². The van der Waals surface area contributed by atoms with Crippen LogP contribution in [0.3, 0.4) is 0 Å². The van der Waals surface area contributed by atoms with E-state index in [0.29, 0.717) is 5.88 Å². The van der Waals surface area contributed by atoms with Gasteiger partial charge in [0.05, 0.1) is 0 Å². The predicted molar refractivity (Wildman–Crippen MR) is 70.8 cm³/mol.